The number of rotatable bonds is 5. The van der Waals surface area contributed by atoms with E-state index in [2.05, 4.69) is 35.1 Å². The molecule has 1 amide bonds. The average Bonchev–Trinajstić information content (AvgIpc) is 2.69. The monoisotopic (exact) mass is 259 g/mol. The van der Waals surface area contributed by atoms with E-state index in [9.17, 15) is 4.79 Å². The molecule has 19 heavy (non-hydrogen) atoms. The smallest absolute Gasteiger partial charge is 0.246 e. The van der Waals surface area contributed by atoms with Crippen LogP contribution in [0.3, 0.4) is 0 Å². The maximum atomic E-state index is 11.8. The molecule has 1 unspecified atom stereocenters. The van der Waals surface area contributed by atoms with Gasteiger partial charge in [0.1, 0.15) is 6.04 Å². The lowest BCUT2D eigenvalue weighted by atomic mass is 10.1. The van der Waals surface area contributed by atoms with Crippen LogP contribution in [-0.2, 0) is 4.79 Å². The van der Waals surface area contributed by atoms with E-state index < -0.39 is 0 Å². The number of hydrogen-bond donors (Lipinski definition) is 2. The Balaban J connectivity index is 2.29. The molecule has 4 nitrogen and oxygen atoms in total. The molecule has 1 aliphatic rings. The van der Waals surface area contributed by atoms with E-state index in [1.165, 1.54) is 0 Å². The molecule has 4 heteroatoms. The van der Waals surface area contributed by atoms with Gasteiger partial charge < -0.3 is 15.5 Å². The third-order valence-electron chi connectivity index (χ3n) is 3.36. The van der Waals surface area contributed by atoms with Crippen molar-refractivity contribution in [3.8, 4) is 0 Å². The van der Waals surface area contributed by atoms with Gasteiger partial charge >= 0.3 is 0 Å². The number of nitrogens with one attached hydrogen (secondary N) is 2. The van der Waals surface area contributed by atoms with Crippen molar-refractivity contribution in [3.63, 3.8) is 0 Å². The molecule has 2 rings (SSSR count). The molecule has 1 heterocycles. The van der Waals surface area contributed by atoms with E-state index >= 15 is 0 Å². The summed E-state index contributed by atoms with van der Waals surface area (Å²) in [4.78, 5) is 14.0. The summed E-state index contributed by atoms with van der Waals surface area (Å²) in [5, 5.41) is 5.95. The Labute approximate surface area is 114 Å². The number of nitrogens with zero attached hydrogens (tertiary/aromatic N) is 1. The Kier molecular flexibility index (Phi) is 3.90. The average molecular weight is 259 g/mol. The molecule has 0 spiro atoms. The summed E-state index contributed by atoms with van der Waals surface area (Å²) in [5.41, 5.74) is 4.16. The van der Waals surface area contributed by atoms with E-state index in [0.29, 0.717) is 0 Å². The number of fused-ring (bicyclic) bond motifs is 1. The van der Waals surface area contributed by atoms with Crippen molar-refractivity contribution in [2.45, 2.75) is 19.9 Å². The fourth-order valence-electron chi connectivity index (χ4n) is 2.45. The number of anilines is 2. The Hall–Kier alpha value is -1.81. The van der Waals surface area contributed by atoms with Crippen LogP contribution in [0.5, 0.6) is 0 Å². The predicted molar refractivity (Wildman–Crippen MR) is 79.6 cm³/mol. The van der Waals surface area contributed by atoms with Gasteiger partial charge in [-0.25, -0.2) is 0 Å². The summed E-state index contributed by atoms with van der Waals surface area (Å²) in [5.74, 6) is 0.0117. The molecule has 1 aromatic rings. The van der Waals surface area contributed by atoms with Gasteiger partial charge in [-0.15, -0.1) is 0 Å². The maximum absolute atomic E-state index is 11.8. The minimum absolute atomic E-state index is 0.0117. The van der Waals surface area contributed by atoms with E-state index in [4.69, 9.17) is 0 Å². The van der Waals surface area contributed by atoms with Crippen LogP contribution in [0.25, 0.3) is 0 Å². The highest BCUT2D eigenvalue weighted by atomic mass is 16.2. The Bertz CT molecular complexity index is 510. The van der Waals surface area contributed by atoms with Crippen molar-refractivity contribution in [1.82, 2.24) is 5.32 Å². The number of hydrogen-bond acceptors (Lipinski definition) is 3. The first-order chi connectivity index (χ1) is 9.06. The van der Waals surface area contributed by atoms with Gasteiger partial charge in [-0.05, 0) is 33.0 Å². The molecule has 0 radical (unpaired) electrons. The Morgan fingerprint density at radius 1 is 1.53 bits per heavy atom. The lowest BCUT2D eigenvalue weighted by Crippen LogP contribution is -2.24. The molecule has 1 aromatic carbocycles. The fraction of sp³-hybridized carbons (Fsp3) is 0.400. The molecular formula is C15H21N3O. The molecule has 0 saturated carbocycles. The molecule has 1 aliphatic heterocycles. The second kappa shape index (κ2) is 5.45. The summed E-state index contributed by atoms with van der Waals surface area (Å²) in [6.45, 7) is 9.84. The van der Waals surface area contributed by atoms with Crippen LogP contribution in [0.1, 0.15) is 25.5 Å². The van der Waals surface area contributed by atoms with Crippen LogP contribution in [0, 0.1) is 0 Å². The van der Waals surface area contributed by atoms with Gasteiger partial charge in [-0.1, -0.05) is 18.2 Å². The molecule has 0 aliphatic carbocycles. The van der Waals surface area contributed by atoms with Crippen molar-refractivity contribution in [3.05, 3.63) is 35.9 Å². The summed E-state index contributed by atoms with van der Waals surface area (Å²) in [6, 6.07) is 5.89. The number of benzene rings is 1. The number of carbonyl (C=O) groups is 1. The zero-order valence-corrected chi connectivity index (χ0v) is 11.8. The van der Waals surface area contributed by atoms with Gasteiger partial charge in [0, 0.05) is 30.0 Å². The third-order valence-corrected chi connectivity index (χ3v) is 3.36. The third kappa shape index (κ3) is 2.63. The highest BCUT2D eigenvalue weighted by molar-refractivity contribution is 6.03. The van der Waals surface area contributed by atoms with Gasteiger partial charge in [0.15, 0.2) is 0 Å². The molecule has 0 bridgehead atoms. The Morgan fingerprint density at radius 3 is 2.84 bits per heavy atom. The van der Waals surface area contributed by atoms with E-state index in [0.717, 1.165) is 35.6 Å². The van der Waals surface area contributed by atoms with Crippen molar-refractivity contribution >= 4 is 17.3 Å². The number of likely N-dealkylation sites (N-methyl/N-ethyl adjacent to an activating group) is 2. The highest BCUT2D eigenvalue weighted by Gasteiger charge is 2.29. The molecule has 0 aromatic heterocycles. The standard InChI is InChI=1S/C15H21N3O/c1-5-18(9-10(2)3)11-6-7-12-13(8-11)17-15(19)14(12)16-4/h6-8,14,16H,2,5,9H2,1,3-4H3,(H,17,19). The number of amides is 1. The van der Waals surface area contributed by atoms with Crippen molar-refractivity contribution in [1.29, 1.82) is 0 Å². The van der Waals surface area contributed by atoms with Crippen LogP contribution >= 0.6 is 0 Å². The molecule has 1 atom stereocenters. The number of carbonyl (C=O) groups excluding carboxylic acids is 1. The second-order valence-electron chi connectivity index (χ2n) is 4.95. The SMILES string of the molecule is C=C(C)CN(CC)c1ccc2c(c1)NC(=O)C2NC. The van der Waals surface area contributed by atoms with Crippen molar-refractivity contribution in [2.24, 2.45) is 0 Å². The Morgan fingerprint density at radius 2 is 2.26 bits per heavy atom. The molecule has 0 fully saturated rings. The summed E-state index contributed by atoms with van der Waals surface area (Å²) in [6.07, 6.45) is 0. The first-order valence-electron chi connectivity index (χ1n) is 6.58. The van der Waals surface area contributed by atoms with Gasteiger partial charge in [-0.3, -0.25) is 4.79 Å². The minimum Gasteiger partial charge on any atom is -0.368 e. The first kappa shape index (κ1) is 13.6. The normalized spacial score (nSPS) is 17.0. The quantitative estimate of drug-likeness (QED) is 0.798. The van der Waals surface area contributed by atoms with E-state index in [1.54, 1.807) is 7.05 Å². The van der Waals surface area contributed by atoms with Crippen LogP contribution in [0.2, 0.25) is 0 Å². The fourth-order valence-corrected chi connectivity index (χ4v) is 2.45. The summed E-state index contributed by atoms with van der Waals surface area (Å²) < 4.78 is 0. The van der Waals surface area contributed by atoms with Gasteiger partial charge in [0.25, 0.3) is 0 Å². The van der Waals surface area contributed by atoms with Crippen LogP contribution in [-0.4, -0.2) is 26.0 Å². The zero-order chi connectivity index (χ0) is 14.0. The molecule has 0 saturated heterocycles. The van der Waals surface area contributed by atoms with Crippen LogP contribution < -0.4 is 15.5 Å². The van der Waals surface area contributed by atoms with Crippen molar-refractivity contribution in [2.75, 3.05) is 30.4 Å². The van der Waals surface area contributed by atoms with Crippen LogP contribution in [0.15, 0.2) is 30.4 Å². The van der Waals surface area contributed by atoms with Crippen molar-refractivity contribution < 1.29 is 4.79 Å². The second-order valence-corrected chi connectivity index (χ2v) is 4.95. The molecule has 102 valence electrons. The van der Waals surface area contributed by atoms with Gasteiger partial charge in [-0.2, -0.15) is 0 Å². The van der Waals surface area contributed by atoms with E-state index in [-0.39, 0.29) is 11.9 Å². The topological polar surface area (TPSA) is 44.4 Å². The first-order valence-corrected chi connectivity index (χ1v) is 6.58. The highest BCUT2D eigenvalue weighted by Crippen LogP contribution is 2.33. The summed E-state index contributed by atoms with van der Waals surface area (Å²) >= 11 is 0. The van der Waals surface area contributed by atoms with Crippen LogP contribution in [0.4, 0.5) is 11.4 Å². The predicted octanol–water partition coefficient (Wildman–Crippen LogP) is 2.30. The summed E-state index contributed by atoms with van der Waals surface area (Å²) in [7, 11) is 1.80. The molecule has 2 N–H and O–H groups in total. The van der Waals surface area contributed by atoms with E-state index in [1.807, 2.05) is 19.1 Å². The minimum atomic E-state index is -0.236. The zero-order valence-electron chi connectivity index (χ0n) is 11.8. The lowest BCUT2D eigenvalue weighted by Gasteiger charge is -2.24. The van der Waals surface area contributed by atoms with Gasteiger partial charge in [0.05, 0.1) is 0 Å². The lowest BCUT2D eigenvalue weighted by molar-refractivity contribution is -0.117. The molecular weight excluding hydrogens is 238 g/mol. The maximum Gasteiger partial charge on any atom is 0.246 e. The largest absolute Gasteiger partial charge is 0.368 e. The van der Waals surface area contributed by atoms with Gasteiger partial charge in [0.2, 0.25) is 5.91 Å².